The lowest BCUT2D eigenvalue weighted by molar-refractivity contribution is 0.437. The number of nitrogen functional groups attached to an aromatic ring is 4. The van der Waals surface area contributed by atoms with Crippen molar-refractivity contribution in [3.63, 3.8) is 0 Å². The van der Waals surface area contributed by atoms with Crippen LogP contribution in [-0.2, 0) is 0 Å². The van der Waals surface area contributed by atoms with Gasteiger partial charge in [0.15, 0.2) is 0 Å². The molecule has 0 aliphatic carbocycles. The first kappa shape index (κ1) is 23.4. The zero-order valence-corrected chi connectivity index (χ0v) is 18.9. The molecule has 0 atom stereocenters. The minimum absolute atomic E-state index is 0.0481. The molecule has 4 rings (SSSR count). The van der Waals surface area contributed by atoms with Crippen LogP contribution < -0.4 is 22.9 Å². The van der Waals surface area contributed by atoms with Crippen LogP contribution in [0.3, 0.4) is 0 Å². The van der Waals surface area contributed by atoms with Gasteiger partial charge in [0, 0.05) is 81.1 Å². The second kappa shape index (κ2) is 9.26. The van der Waals surface area contributed by atoms with Crippen molar-refractivity contribution < 1.29 is 20.4 Å². The van der Waals surface area contributed by atoms with Gasteiger partial charge >= 0.3 is 0 Å². The highest BCUT2D eigenvalue weighted by Crippen LogP contribution is 2.47. The van der Waals surface area contributed by atoms with Crippen LogP contribution in [0.2, 0.25) is 0 Å². The number of phenols is 4. The van der Waals surface area contributed by atoms with Crippen LogP contribution >= 0.6 is 0 Å². The van der Waals surface area contributed by atoms with Crippen molar-refractivity contribution in [2.24, 2.45) is 0 Å². The summed E-state index contributed by atoms with van der Waals surface area (Å²) in [5.74, 6) is -1.34. The smallest absolute Gasteiger partial charge is 0.121 e. The van der Waals surface area contributed by atoms with E-state index in [1.165, 1.54) is 24.3 Å². The molecule has 12 N–H and O–H groups in total. The summed E-state index contributed by atoms with van der Waals surface area (Å²) in [6.07, 6.45) is 0.240. The fraction of sp³-hybridized carbons (Fsp3) is 0.111. The number of benzene rings is 4. The summed E-state index contributed by atoms with van der Waals surface area (Å²) in [6, 6.07) is 19.1. The number of phenolic OH excluding ortho intramolecular Hbond substituents is 4. The molecule has 8 nitrogen and oxygen atoms in total. The molecule has 35 heavy (non-hydrogen) atoms. The average molecular weight is 473 g/mol. The van der Waals surface area contributed by atoms with Crippen LogP contribution in [0.25, 0.3) is 0 Å². The zero-order valence-electron chi connectivity index (χ0n) is 18.9. The van der Waals surface area contributed by atoms with Crippen molar-refractivity contribution in [2.75, 3.05) is 22.9 Å². The summed E-state index contributed by atoms with van der Waals surface area (Å²) in [7, 11) is 0. The van der Waals surface area contributed by atoms with E-state index in [0.29, 0.717) is 45.0 Å². The second-order valence-electron chi connectivity index (χ2n) is 8.61. The monoisotopic (exact) mass is 472 g/mol. The van der Waals surface area contributed by atoms with Crippen LogP contribution in [0.15, 0.2) is 72.8 Å². The van der Waals surface area contributed by atoms with Crippen molar-refractivity contribution in [1.29, 1.82) is 0 Å². The minimum Gasteiger partial charge on any atom is -0.508 e. The van der Waals surface area contributed by atoms with E-state index in [4.69, 9.17) is 22.9 Å². The molecule has 0 aliphatic heterocycles. The van der Waals surface area contributed by atoms with Crippen molar-refractivity contribution in [1.82, 2.24) is 0 Å². The Labute approximate surface area is 202 Å². The Morgan fingerprint density at radius 2 is 0.657 bits per heavy atom. The topological polar surface area (TPSA) is 185 Å². The zero-order chi connectivity index (χ0) is 25.3. The van der Waals surface area contributed by atoms with Gasteiger partial charge in [-0.05, 0) is 30.7 Å². The number of hydrogen-bond donors (Lipinski definition) is 8. The van der Waals surface area contributed by atoms with Gasteiger partial charge in [0.1, 0.15) is 23.0 Å². The van der Waals surface area contributed by atoms with Crippen LogP contribution in [0.4, 0.5) is 22.7 Å². The molecule has 0 fully saturated rings. The summed E-state index contributed by atoms with van der Waals surface area (Å²) < 4.78 is 0. The molecular formula is C27H28N4O4. The molecule has 0 aromatic heterocycles. The molecule has 0 bridgehead atoms. The van der Waals surface area contributed by atoms with Crippen molar-refractivity contribution in [2.45, 2.75) is 18.3 Å². The Balaban J connectivity index is 1.93. The fourth-order valence-electron chi connectivity index (χ4n) is 4.50. The summed E-state index contributed by atoms with van der Waals surface area (Å²) in [5.41, 5.74) is 27.0. The van der Waals surface area contributed by atoms with Gasteiger partial charge in [0.2, 0.25) is 0 Å². The van der Waals surface area contributed by atoms with Gasteiger partial charge in [-0.25, -0.2) is 0 Å². The highest BCUT2D eigenvalue weighted by Gasteiger charge is 2.29. The average Bonchev–Trinajstić information content (AvgIpc) is 2.77. The quantitative estimate of drug-likeness (QED) is 0.192. The number of nitrogens with two attached hydrogens (primary N) is 4. The highest BCUT2D eigenvalue weighted by atomic mass is 16.3. The number of rotatable bonds is 6. The van der Waals surface area contributed by atoms with E-state index in [9.17, 15) is 20.4 Å². The first-order valence-electron chi connectivity index (χ1n) is 11.0. The van der Waals surface area contributed by atoms with E-state index in [2.05, 4.69) is 0 Å². The molecule has 0 spiro atoms. The van der Waals surface area contributed by atoms with Gasteiger partial charge in [-0.2, -0.15) is 0 Å². The van der Waals surface area contributed by atoms with Crippen LogP contribution in [0, 0.1) is 0 Å². The molecular weight excluding hydrogens is 444 g/mol. The van der Waals surface area contributed by atoms with E-state index in [1.54, 1.807) is 48.5 Å². The van der Waals surface area contributed by atoms with Gasteiger partial charge in [-0.1, -0.05) is 24.3 Å². The summed E-state index contributed by atoms with van der Waals surface area (Å²) >= 11 is 0. The standard InChI is InChI=1S/C27H28N4O4/c28-14-1-5-18(24(32)9-14)22(19-6-2-15(29)10-25(19)33)13-23(20-7-3-16(30)11-26(20)34)21-8-4-17(31)12-27(21)35/h1-12,22-23,32-35H,13,28-31H2. The summed E-state index contributed by atoms with van der Waals surface area (Å²) in [6.45, 7) is 0. The molecule has 0 aliphatic rings. The predicted octanol–water partition coefficient (Wildman–Crippen LogP) is 4.19. The van der Waals surface area contributed by atoms with E-state index in [1.807, 2.05) is 0 Å². The SMILES string of the molecule is Nc1ccc(C(CC(c2ccc(N)cc2O)c2ccc(N)cc2O)c2ccc(N)cc2O)c(O)c1. The van der Waals surface area contributed by atoms with Crippen LogP contribution in [0.5, 0.6) is 23.0 Å². The van der Waals surface area contributed by atoms with Gasteiger partial charge in [-0.3, -0.25) is 0 Å². The third-order valence-electron chi connectivity index (χ3n) is 6.19. The predicted molar refractivity (Wildman–Crippen MR) is 138 cm³/mol. The molecule has 0 saturated carbocycles. The second-order valence-corrected chi connectivity index (χ2v) is 8.61. The maximum absolute atomic E-state index is 10.8. The number of hydrogen-bond acceptors (Lipinski definition) is 8. The van der Waals surface area contributed by atoms with Crippen molar-refractivity contribution in [3.05, 3.63) is 95.1 Å². The number of aromatic hydroxyl groups is 4. The van der Waals surface area contributed by atoms with Gasteiger partial charge < -0.3 is 43.4 Å². The van der Waals surface area contributed by atoms with Crippen molar-refractivity contribution >= 4 is 22.7 Å². The molecule has 0 amide bonds. The molecule has 8 heteroatoms. The Hall–Kier alpha value is -4.72. The van der Waals surface area contributed by atoms with Gasteiger partial charge in [-0.15, -0.1) is 0 Å². The van der Waals surface area contributed by atoms with E-state index in [-0.39, 0.29) is 29.4 Å². The lowest BCUT2D eigenvalue weighted by Gasteiger charge is -2.27. The van der Waals surface area contributed by atoms with Crippen molar-refractivity contribution in [3.8, 4) is 23.0 Å². The molecule has 0 unspecified atom stereocenters. The van der Waals surface area contributed by atoms with E-state index in [0.717, 1.165) is 0 Å². The van der Waals surface area contributed by atoms with Gasteiger partial charge in [0.05, 0.1) is 0 Å². The normalized spacial score (nSPS) is 11.3. The Morgan fingerprint density at radius 1 is 0.429 bits per heavy atom. The summed E-state index contributed by atoms with van der Waals surface area (Å²) in [5, 5.41) is 43.1. The summed E-state index contributed by atoms with van der Waals surface area (Å²) in [4.78, 5) is 0. The first-order valence-corrected chi connectivity index (χ1v) is 11.0. The van der Waals surface area contributed by atoms with Gasteiger partial charge in [0.25, 0.3) is 0 Å². The molecule has 180 valence electrons. The molecule has 4 aromatic rings. The molecule has 0 saturated heterocycles. The van der Waals surface area contributed by atoms with Crippen LogP contribution in [0.1, 0.15) is 40.5 Å². The maximum Gasteiger partial charge on any atom is 0.121 e. The Morgan fingerprint density at radius 3 is 0.857 bits per heavy atom. The fourth-order valence-corrected chi connectivity index (χ4v) is 4.50. The van der Waals surface area contributed by atoms with Crippen LogP contribution in [-0.4, -0.2) is 20.4 Å². The third kappa shape index (κ3) is 4.81. The minimum atomic E-state index is -0.574. The van der Waals surface area contributed by atoms with E-state index < -0.39 is 11.8 Å². The third-order valence-corrected chi connectivity index (χ3v) is 6.19. The molecule has 0 radical (unpaired) electrons. The molecule has 4 aromatic carbocycles. The Bertz CT molecular complexity index is 1180. The van der Waals surface area contributed by atoms with E-state index >= 15 is 0 Å². The lowest BCUT2D eigenvalue weighted by atomic mass is 9.77. The Kier molecular flexibility index (Phi) is 6.20. The lowest BCUT2D eigenvalue weighted by Crippen LogP contribution is -2.11. The maximum atomic E-state index is 10.8. The highest BCUT2D eigenvalue weighted by molar-refractivity contribution is 5.59. The number of anilines is 4. The molecule has 0 heterocycles. The first-order chi connectivity index (χ1) is 16.6. The largest absolute Gasteiger partial charge is 0.508 e.